The topological polar surface area (TPSA) is 17.0 Å². The number of rotatable bonds is 1. The highest BCUT2D eigenvalue weighted by atomic mass is 14.9. The van der Waals surface area contributed by atoms with E-state index in [0.717, 1.165) is 6.54 Å². The van der Waals surface area contributed by atoms with Crippen LogP contribution in [0.25, 0.3) is 10.9 Å². The molecule has 0 aliphatic carbocycles. The van der Waals surface area contributed by atoms with E-state index in [1.165, 1.54) is 35.9 Å². The number of nitrogens with one attached hydrogen (secondary N) is 1. The van der Waals surface area contributed by atoms with Gasteiger partial charge in [0, 0.05) is 30.7 Å². The summed E-state index contributed by atoms with van der Waals surface area (Å²) >= 11 is 0. The van der Waals surface area contributed by atoms with Crippen LogP contribution in [0.4, 0.5) is 0 Å². The second-order valence-corrected chi connectivity index (χ2v) is 4.75. The van der Waals surface area contributed by atoms with E-state index in [4.69, 9.17) is 0 Å². The number of nitrogens with zero attached hydrogens (tertiary/aromatic N) is 1. The van der Waals surface area contributed by atoms with Crippen LogP contribution in [-0.4, -0.2) is 17.7 Å². The number of fused-ring (bicyclic) bond motifs is 1. The minimum absolute atomic E-state index is 0.694. The second kappa shape index (κ2) is 3.95. The van der Waals surface area contributed by atoms with Gasteiger partial charge in [0.05, 0.1) is 0 Å². The van der Waals surface area contributed by atoms with Crippen molar-refractivity contribution in [2.45, 2.75) is 18.8 Å². The largest absolute Gasteiger partial charge is 0.351 e. The molecule has 0 bridgehead atoms. The molecular formula is C14H18N2. The fourth-order valence-corrected chi connectivity index (χ4v) is 2.80. The molecule has 1 aliphatic heterocycles. The molecule has 2 heterocycles. The van der Waals surface area contributed by atoms with E-state index >= 15 is 0 Å². The van der Waals surface area contributed by atoms with E-state index in [1.807, 2.05) is 0 Å². The number of hydrogen-bond donors (Lipinski definition) is 1. The highest BCUT2D eigenvalue weighted by molar-refractivity contribution is 5.84. The first-order valence-electron chi connectivity index (χ1n) is 6.11. The zero-order chi connectivity index (χ0) is 11.0. The Balaban J connectivity index is 2.08. The van der Waals surface area contributed by atoms with E-state index in [0.29, 0.717) is 5.92 Å². The van der Waals surface area contributed by atoms with E-state index in [1.54, 1.807) is 0 Å². The van der Waals surface area contributed by atoms with Crippen LogP contribution in [0.1, 0.15) is 24.3 Å². The quantitative estimate of drug-likeness (QED) is 0.772. The summed E-state index contributed by atoms with van der Waals surface area (Å²) in [7, 11) is 2.12. The third-order valence-corrected chi connectivity index (χ3v) is 3.70. The van der Waals surface area contributed by atoms with Crippen LogP contribution in [0.5, 0.6) is 0 Å². The smallest absolute Gasteiger partial charge is 0.0480 e. The maximum Gasteiger partial charge on any atom is 0.0480 e. The SMILES string of the molecule is Cn1ccc2c([C@H]3CCCNC3)cccc21. The highest BCUT2D eigenvalue weighted by Gasteiger charge is 2.17. The van der Waals surface area contributed by atoms with E-state index in [9.17, 15) is 0 Å². The Kier molecular flexibility index (Phi) is 2.44. The van der Waals surface area contributed by atoms with Crippen molar-refractivity contribution in [3.8, 4) is 0 Å². The van der Waals surface area contributed by atoms with Crippen molar-refractivity contribution < 1.29 is 0 Å². The molecule has 84 valence electrons. The summed E-state index contributed by atoms with van der Waals surface area (Å²) in [5.74, 6) is 0.694. The molecule has 0 amide bonds. The van der Waals surface area contributed by atoms with Crippen molar-refractivity contribution in [3.63, 3.8) is 0 Å². The summed E-state index contributed by atoms with van der Waals surface area (Å²) < 4.78 is 2.20. The van der Waals surface area contributed by atoms with Crippen LogP contribution in [-0.2, 0) is 7.05 Å². The number of aryl methyl sites for hydroxylation is 1. The average Bonchev–Trinajstić information content (AvgIpc) is 2.73. The van der Waals surface area contributed by atoms with Gasteiger partial charge in [-0.25, -0.2) is 0 Å². The first-order valence-corrected chi connectivity index (χ1v) is 6.11. The van der Waals surface area contributed by atoms with E-state index in [2.05, 4.69) is 47.4 Å². The van der Waals surface area contributed by atoms with Gasteiger partial charge in [-0.1, -0.05) is 12.1 Å². The Hall–Kier alpha value is -1.28. The van der Waals surface area contributed by atoms with Gasteiger partial charge in [-0.15, -0.1) is 0 Å². The molecule has 1 fully saturated rings. The van der Waals surface area contributed by atoms with Gasteiger partial charge in [-0.3, -0.25) is 0 Å². The molecular weight excluding hydrogens is 196 g/mol. The van der Waals surface area contributed by atoms with Crippen LogP contribution >= 0.6 is 0 Å². The van der Waals surface area contributed by atoms with Gasteiger partial charge in [-0.05, 0) is 43.0 Å². The van der Waals surface area contributed by atoms with Crippen molar-refractivity contribution in [1.29, 1.82) is 0 Å². The van der Waals surface area contributed by atoms with Crippen LogP contribution in [0.15, 0.2) is 30.5 Å². The average molecular weight is 214 g/mol. The molecule has 1 aliphatic rings. The van der Waals surface area contributed by atoms with Crippen molar-refractivity contribution in [2.24, 2.45) is 7.05 Å². The molecule has 0 spiro atoms. The van der Waals surface area contributed by atoms with Crippen molar-refractivity contribution in [2.75, 3.05) is 13.1 Å². The first kappa shape index (κ1) is 9.91. The number of aromatic nitrogens is 1. The molecule has 3 rings (SSSR count). The molecule has 1 N–H and O–H groups in total. The predicted octanol–water partition coefficient (Wildman–Crippen LogP) is 2.65. The molecule has 1 atom stereocenters. The number of benzene rings is 1. The number of piperidine rings is 1. The van der Waals surface area contributed by atoms with Crippen molar-refractivity contribution in [1.82, 2.24) is 9.88 Å². The van der Waals surface area contributed by atoms with Crippen LogP contribution in [0.3, 0.4) is 0 Å². The minimum atomic E-state index is 0.694. The van der Waals surface area contributed by atoms with Crippen LogP contribution < -0.4 is 5.32 Å². The molecule has 1 saturated heterocycles. The molecule has 2 aromatic rings. The summed E-state index contributed by atoms with van der Waals surface area (Å²) in [6, 6.07) is 8.93. The van der Waals surface area contributed by atoms with Gasteiger partial charge in [0.1, 0.15) is 0 Å². The molecule has 1 aromatic carbocycles. The van der Waals surface area contributed by atoms with Gasteiger partial charge < -0.3 is 9.88 Å². The molecule has 2 heteroatoms. The second-order valence-electron chi connectivity index (χ2n) is 4.75. The standard InChI is InChI=1S/C14H18N2/c1-16-9-7-13-12(5-2-6-14(13)16)11-4-3-8-15-10-11/h2,5-7,9,11,15H,3-4,8,10H2,1H3/t11-/m0/s1. The molecule has 0 radical (unpaired) electrons. The molecule has 2 nitrogen and oxygen atoms in total. The summed E-state index contributed by atoms with van der Waals surface area (Å²) in [6.07, 6.45) is 4.78. The highest BCUT2D eigenvalue weighted by Crippen LogP contribution is 2.30. The van der Waals surface area contributed by atoms with Gasteiger partial charge in [0.15, 0.2) is 0 Å². The van der Waals surface area contributed by atoms with E-state index in [-0.39, 0.29) is 0 Å². The summed E-state index contributed by atoms with van der Waals surface area (Å²) in [5, 5.41) is 4.93. The number of hydrogen-bond acceptors (Lipinski definition) is 1. The minimum Gasteiger partial charge on any atom is -0.351 e. The molecule has 0 unspecified atom stereocenters. The predicted molar refractivity (Wildman–Crippen MR) is 67.8 cm³/mol. The first-order chi connectivity index (χ1) is 7.86. The maximum atomic E-state index is 3.50. The molecule has 1 aromatic heterocycles. The van der Waals surface area contributed by atoms with E-state index < -0.39 is 0 Å². The lowest BCUT2D eigenvalue weighted by atomic mass is 9.89. The lowest BCUT2D eigenvalue weighted by molar-refractivity contribution is 0.463. The van der Waals surface area contributed by atoms with Crippen molar-refractivity contribution in [3.05, 3.63) is 36.0 Å². The third-order valence-electron chi connectivity index (χ3n) is 3.70. The Labute approximate surface area is 96.3 Å². The van der Waals surface area contributed by atoms with Gasteiger partial charge in [-0.2, -0.15) is 0 Å². The monoisotopic (exact) mass is 214 g/mol. The lowest BCUT2D eigenvalue weighted by Gasteiger charge is -2.23. The fraction of sp³-hybridized carbons (Fsp3) is 0.429. The van der Waals surface area contributed by atoms with Crippen LogP contribution in [0.2, 0.25) is 0 Å². The fourth-order valence-electron chi connectivity index (χ4n) is 2.80. The Morgan fingerprint density at radius 1 is 1.31 bits per heavy atom. The Morgan fingerprint density at radius 2 is 2.25 bits per heavy atom. The zero-order valence-corrected chi connectivity index (χ0v) is 9.74. The zero-order valence-electron chi connectivity index (χ0n) is 9.74. The lowest BCUT2D eigenvalue weighted by Crippen LogP contribution is -2.28. The Morgan fingerprint density at radius 3 is 3.06 bits per heavy atom. The summed E-state index contributed by atoms with van der Waals surface area (Å²) in [4.78, 5) is 0. The van der Waals surface area contributed by atoms with Gasteiger partial charge in [0.25, 0.3) is 0 Å². The third kappa shape index (κ3) is 1.54. The maximum absolute atomic E-state index is 3.50. The normalized spacial score (nSPS) is 21.4. The molecule has 0 saturated carbocycles. The van der Waals surface area contributed by atoms with Gasteiger partial charge in [0.2, 0.25) is 0 Å². The summed E-state index contributed by atoms with van der Waals surface area (Å²) in [6.45, 7) is 2.31. The summed E-state index contributed by atoms with van der Waals surface area (Å²) in [5.41, 5.74) is 2.87. The van der Waals surface area contributed by atoms with Crippen LogP contribution in [0, 0.1) is 0 Å². The Bertz CT molecular complexity index is 492. The van der Waals surface area contributed by atoms with Crippen molar-refractivity contribution >= 4 is 10.9 Å². The molecule has 16 heavy (non-hydrogen) atoms. The van der Waals surface area contributed by atoms with Gasteiger partial charge >= 0.3 is 0 Å².